The molecule has 2 unspecified atom stereocenters. The summed E-state index contributed by atoms with van der Waals surface area (Å²) < 4.78 is 39.8. The molecule has 2 atom stereocenters. The van der Waals surface area contributed by atoms with Gasteiger partial charge in [-0.05, 0) is 91.8 Å². The number of methoxy groups -OCH3 is 1. The van der Waals surface area contributed by atoms with Gasteiger partial charge in [0.15, 0.2) is 6.10 Å². The van der Waals surface area contributed by atoms with Gasteiger partial charge in [-0.1, -0.05) is 24.3 Å². The first-order chi connectivity index (χ1) is 17.3. The molecule has 3 aromatic carbocycles. The molecule has 0 spiro atoms. The van der Waals surface area contributed by atoms with E-state index < -0.39 is 16.1 Å². The second kappa shape index (κ2) is 9.50. The highest BCUT2D eigenvalue weighted by molar-refractivity contribution is 7.92. The maximum atomic E-state index is 13.7. The molecule has 1 amide bonds. The van der Waals surface area contributed by atoms with E-state index in [9.17, 15) is 13.2 Å². The standard InChI is InChI=1S/C28H30N2O5S/c1-18-7-14-26-25(15-18)30(36(32,33)24-12-10-23(34-3)11-13-24)17-27(35-26)28(31)29-19(2)21-9-8-20-5-4-6-22(20)16-21/h7-16,19,27H,4-6,17H2,1-3H3,(H,29,31). The van der Waals surface area contributed by atoms with Crippen molar-refractivity contribution in [3.63, 3.8) is 0 Å². The zero-order valence-electron chi connectivity index (χ0n) is 20.7. The number of nitrogens with zero attached hydrogens (tertiary/aromatic N) is 1. The van der Waals surface area contributed by atoms with Gasteiger partial charge in [-0.2, -0.15) is 0 Å². The molecule has 1 aliphatic heterocycles. The Labute approximate surface area is 212 Å². The fraction of sp³-hybridized carbons (Fsp3) is 0.321. The minimum atomic E-state index is -3.95. The minimum absolute atomic E-state index is 0.114. The van der Waals surface area contributed by atoms with Crippen LogP contribution >= 0.6 is 0 Å². The SMILES string of the molecule is COc1ccc(S(=O)(=O)N2CC(C(=O)NC(C)c3ccc4c(c3)CCC4)Oc3ccc(C)cc32)cc1. The highest BCUT2D eigenvalue weighted by atomic mass is 32.2. The molecule has 0 saturated heterocycles. The van der Waals surface area contributed by atoms with Gasteiger partial charge >= 0.3 is 0 Å². The van der Waals surface area contributed by atoms with Gasteiger partial charge in [-0.3, -0.25) is 9.10 Å². The van der Waals surface area contributed by atoms with Crippen molar-refractivity contribution >= 4 is 21.6 Å². The van der Waals surface area contributed by atoms with Crippen LogP contribution in [0.3, 0.4) is 0 Å². The van der Waals surface area contributed by atoms with Crippen molar-refractivity contribution in [3.8, 4) is 11.5 Å². The van der Waals surface area contributed by atoms with Gasteiger partial charge in [0.2, 0.25) is 0 Å². The van der Waals surface area contributed by atoms with Gasteiger partial charge < -0.3 is 14.8 Å². The number of hydrogen-bond donors (Lipinski definition) is 1. The lowest BCUT2D eigenvalue weighted by atomic mass is 10.0. The number of benzene rings is 3. The number of sulfonamides is 1. The molecule has 0 radical (unpaired) electrons. The van der Waals surface area contributed by atoms with Crippen molar-refractivity contribution in [2.75, 3.05) is 18.0 Å². The van der Waals surface area contributed by atoms with Gasteiger partial charge in [0, 0.05) is 0 Å². The zero-order valence-corrected chi connectivity index (χ0v) is 21.5. The second-order valence-corrected chi connectivity index (χ2v) is 11.3. The number of aryl methyl sites for hydroxylation is 3. The molecule has 8 heteroatoms. The predicted molar refractivity (Wildman–Crippen MR) is 138 cm³/mol. The first-order valence-electron chi connectivity index (χ1n) is 12.1. The summed E-state index contributed by atoms with van der Waals surface area (Å²) >= 11 is 0. The number of hydrogen-bond acceptors (Lipinski definition) is 5. The number of carbonyl (C=O) groups excluding carboxylic acids is 1. The van der Waals surface area contributed by atoms with E-state index in [1.807, 2.05) is 19.9 Å². The summed E-state index contributed by atoms with van der Waals surface area (Å²) in [5.41, 5.74) is 5.04. The summed E-state index contributed by atoms with van der Waals surface area (Å²) in [6, 6.07) is 17.6. The number of ether oxygens (including phenoxy) is 2. The lowest BCUT2D eigenvalue weighted by Crippen LogP contribution is -2.51. The Bertz CT molecular complexity index is 1400. The first-order valence-corrected chi connectivity index (χ1v) is 13.6. The van der Waals surface area contributed by atoms with Crippen LogP contribution in [0.25, 0.3) is 0 Å². The molecule has 1 aliphatic carbocycles. The predicted octanol–water partition coefficient (Wildman–Crippen LogP) is 4.33. The molecule has 1 heterocycles. The van der Waals surface area contributed by atoms with Crippen molar-refractivity contribution < 1.29 is 22.7 Å². The van der Waals surface area contributed by atoms with Crippen LogP contribution in [0.2, 0.25) is 0 Å². The number of anilines is 1. The van der Waals surface area contributed by atoms with Crippen LogP contribution in [-0.4, -0.2) is 34.1 Å². The molecular formula is C28H30N2O5S. The molecule has 5 rings (SSSR count). The second-order valence-electron chi connectivity index (χ2n) is 9.40. The van der Waals surface area contributed by atoms with E-state index in [-0.39, 0.29) is 23.4 Å². The normalized spacial score (nSPS) is 17.5. The molecule has 1 N–H and O–H groups in total. The van der Waals surface area contributed by atoms with Crippen molar-refractivity contribution in [2.24, 2.45) is 0 Å². The Morgan fingerprint density at radius 2 is 1.81 bits per heavy atom. The quantitative estimate of drug-likeness (QED) is 0.538. The van der Waals surface area contributed by atoms with Crippen LogP contribution in [0.4, 0.5) is 5.69 Å². The van der Waals surface area contributed by atoms with Crippen LogP contribution in [0.1, 0.15) is 41.6 Å². The Hall–Kier alpha value is -3.52. The van der Waals surface area contributed by atoms with E-state index in [4.69, 9.17) is 9.47 Å². The molecule has 0 saturated carbocycles. The third kappa shape index (κ3) is 4.53. The maximum absolute atomic E-state index is 13.7. The third-order valence-electron chi connectivity index (χ3n) is 6.91. The zero-order chi connectivity index (χ0) is 25.4. The van der Waals surface area contributed by atoms with Crippen LogP contribution in [0.15, 0.2) is 65.6 Å². The number of fused-ring (bicyclic) bond motifs is 2. The van der Waals surface area contributed by atoms with Gasteiger partial charge in [-0.25, -0.2) is 8.42 Å². The van der Waals surface area contributed by atoms with Crippen LogP contribution in [0, 0.1) is 6.92 Å². The van der Waals surface area contributed by atoms with Crippen molar-refractivity contribution in [3.05, 3.63) is 82.9 Å². The number of carbonyl (C=O) groups is 1. The van der Waals surface area contributed by atoms with E-state index in [2.05, 4.69) is 23.5 Å². The van der Waals surface area contributed by atoms with Crippen molar-refractivity contribution in [1.29, 1.82) is 0 Å². The molecule has 0 fully saturated rings. The molecule has 0 aromatic heterocycles. The van der Waals surface area contributed by atoms with Gasteiger partial charge in [0.1, 0.15) is 11.5 Å². The number of amides is 1. The summed E-state index contributed by atoms with van der Waals surface area (Å²) in [4.78, 5) is 13.4. The molecule has 0 bridgehead atoms. The Morgan fingerprint density at radius 3 is 2.56 bits per heavy atom. The topological polar surface area (TPSA) is 84.9 Å². The van der Waals surface area contributed by atoms with Crippen LogP contribution < -0.4 is 19.1 Å². The lowest BCUT2D eigenvalue weighted by molar-refractivity contribution is -0.128. The average molecular weight is 507 g/mol. The van der Waals surface area contributed by atoms with Crippen molar-refractivity contribution in [1.82, 2.24) is 5.32 Å². The van der Waals surface area contributed by atoms with E-state index >= 15 is 0 Å². The lowest BCUT2D eigenvalue weighted by Gasteiger charge is -2.35. The average Bonchev–Trinajstić information content (AvgIpc) is 3.36. The summed E-state index contributed by atoms with van der Waals surface area (Å²) in [6.45, 7) is 3.68. The molecular weight excluding hydrogens is 476 g/mol. The first kappa shape index (κ1) is 24.2. The molecule has 2 aliphatic rings. The van der Waals surface area contributed by atoms with Gasteiger partial charge in [-0.15, -0.1) is 0 Å². The molecule has 7 nitrogen and oxygen atoms in total. The van der Waals surface area contributed by atoms with E-state index in [1.165, 1.54) is 34.7 Å². The van der Waals surface area contributed by atoms with Crippen molar-refractivity contribution in [2.45, 2.75) is 50.2 Å². The monoisotopic (exact) mass is 506 g/mol. The van der Waals surface area contributed by atoms with Crippen LogP contribution in [0.5, 0.6) is 11.5 Å². The summed E-state index contributed by atoms with van der Waals surface area (Å²) in [6.07, 6.45) is 2.32. The minimum Gasteiger partial charge on any atom is -0.497 e. The van der Waals surface area contributed by atoms with Gasteiger partial charge in [0.25, 0.3) is 15.9 Å². The largest absolute Gasteiger partial charge is 0.497 e. The highest BCUT2D eigenvalue weighted by Crippen LogP contribution is 2.38. The van der Waals surface area contributed by atoms with E-state index in [0.717, 1.165) is 30.4 Å². The number of rotatable bonds is 6. The Balaban J connectivity index is 1.41. The number of nitrogens with one attached hydrogen (secondary N) is 1. The van der Waals surface area contributed by atoms with Gasteiger partial charge in [0.05, 0.1) is 30.3 Å². The highest BCUT2D eigenvalue weighted by Gasteiger charge is 2.38. The smallest absolute Gasteiger partial charge is 0.264 e. The Kier molecular flexibility index (Phi) is 6.38. The summed E-state index contributed by atoms with van der Waals surface area (Å²) in [5, 5.41) is 3.02. The third-order valence-corrected chi connectivity index (χ3v) is 8.70. The fourth-order valence-corrected chi connectivity index (χ4v) is 6.32. The summed E-state index contributed by atoms with van der Waals surface area (Å²) in [5.74, 6) is 0.559. The summed E-state index contributed by atoms with van der Waals surface area (Å²) in [7, 11) is -2.43. The molecule has 3 aromatic rings. The van der Waals surface area contributed by atoms with E-state index in [0.29, 0.717) is 17.2 Å². The van der Waals surface area contributed by atoms with E-state index in [1.54, 1.807) is 24.3 Å². The molecule has 36 heavy (non-hydrogen) atoms. The molecule has 188 valence electrons. The van der Waals surface area contributed by atoms with Crippen LogP contribution in [-0.2, 0) is 27.7 Å². The fourth-order valence-electron chi connectivity index (χ4n) is 4.85. The maximum Gasteiger partial charge on any atom is 0.264 e. The Morgan fingerprint density at radius 1 is 1.06 bits per heavy atom.